The Kier molecular flexibility index (Phi) is 2.75. The van der Waals surface area contributed by atoms with E-state index in [4.69, 9.17) is 0 Å². The van der Waals surface area contributed by atoms with E-state index in [0.29, 0.717) is 0 Å². The zero-order chi connectivity index (χ0) is 18.0. The molecule has 0 radical (unpaired) electrons. The third-order valence-corrected chi connectivity index (χ3v) is 4.22. The number of benzene rings is 3. The van der Waals surface area contributed by atoms with E-state index in [1.807, 2.05) is 0 Å². The van der Waals surface area contributed by atoms with Crippen LogP contribution >= 0.6 is 0 Å². The number of rotatable bonds is 0. The number of aromatic hydroxyl groups is 5. The van der Waals surface area contributed by atoms with Crippen LogP contribution in [0.15, 0.2) is 30.3 Å². The second-order valence-corrected chi connectivity index (χ2v) is 5.76. The molecule has 0 amide bonds. The first kappa shape index (κ1) is 14.8. The molecule has 25 heavy (non-hydrogen) atoms. The Labute approximate surface area is 139 Å². The highest BCUT2D eigenvalue weighted by Gasteiger charge is 2.36. The van der Waals surface area contributed by atoms with E-state index in [1.165, 1.54) is 12.1 Å². The Morgan fingerprint density at radius 1 is 0.600 bits per heavy atom. The maximum absolute atomic E-state index is 12.7. The first-order valence-corrected chi connectivity index (χ1v) is 7.16. The van der Waals surface area contributed by atoms with Crippen LogP contribution < -0.4 is 0 Å². The molecule has 3 aromatic carbocycles. The summed E-state index contributed by atoms with van der Waals surface area (Å²) in [7, 11) is 0. The third-order valence-electron chi connectivity index (χ3n) is 4.22. The number of phenols is 5. The van der Waals surface area contributed by atoms with E-state index >= 15 is 0 Å². The van der Waals surface area contributed by atoms with Crippen molar-refractivity contribution >= 4 is 22.3 Å². The van der Waals surface area contributed by atoms with Gasteiger partial charge in [-0.1, -0.05) is 0 Å². The van der Waals surface area contributed by atoms with Gasteiger partial charge in [0, 0.05) is 23.3 Å². The summed E-state index contributed by atoms with van der Waals surface area (Å²) in [5.74, 6) is -3.84. The molecule has 0 aromatic heterocycles. The topological polar surface area (TPSA) is 135 Å². The van der Waals surface area contributed by atoms with Crippen molar-refractivity contribution in [1.82, 2.24) is 0 Å². The fourth-order valence-electron chi connectivity index (χ4n) is 3.19. The summed E-state index contributed by atoms with van der Waals surface area (Å²) in [6.45, 7) is 0. The van der Waals surface area contributed by atoms with E-state index in [9.17, 15) is 35.1 Å². The van der Waals surface area contributed by atoms with Crippen LogP contribution in [-0.4, -0.2) is 37.1 Å². The summed E-state index contributed by atoms with van der Waals surface area (Å²) in [5, 5.41) is 49.6. The molecule has 0 saturated heterocycles. The van der Waals surface area contributed by atoms with E-state index in [2.05, 4.69) is 0 Å². The number of carbonyl (C=O) groups excluding carboxylic acids is 2. The molecule has 1 aliphatic rings. The molecule has 0 fully saturated rings. The van der Waals surface area contributed by atoms with Crippen LogP contribution in [0, 0.1) is 0 Å². The lowest BCUT2D eigenvalue weighted by Crippen LogP contribution is -2.21. The predicted octanol–water partition coefficient (Wildman–Crippen LogP) is 2.14. The molecule has 3 aromatic rings. The van der Waals surface area contributed by atoms with Gasteiger partial charge in [0.15, 0.2) is 5.78 Å². The number of fused-ring (bicyclic) bond motifs is 3. The second-order valence-electron chi connectivity index (χ2n) is 5.76. The minimum Gasteiger partial charge on any atom is -0.508 e. The van der Waals surface area contributed by atoms with Gasteiger partial charge in [-0.15, -0.1) is 0 Å². The molecule has 5 N–H and O–H groups in total. The molecule has 0 atom stereocenters. The van der Waals surface area contributed by atoms with Crippen molar-refractivity contribution in [2.24, 2.45) is 0 Å². The Morgan fingerprint density at radius 3 is 1.92 bits per heavy atom. The highest BCUT2D eigenvalue weighted by Crippen LogP contribution is 2.44. The normalized spacial score (nSPS) is 13.0. The Morgan fingerprint density at radius 2 is 1.20 bits per heavy atom. The maximum atomic E-state index is 12.7. The van der Waals surface area contributed by atoms with Crippen molar-refractivity contribution in [2.45, 2.75) is 0 Å². The molecule has 0 spiro atoms. The van der Waals surface area contributed by atoms with E-state index < -0.39 is 28.8 Å². The van der Waals surface area contributed by atoms with Crippen LogP contribution in [0.1, 0.15) is 31.8 Å². The second kappa shape index (κ2) is 4.64. The largest absolute Gasteiger partial charge is 0.508 e. The molecule has 1 aliphatic carbocycles. The van der Waals surface area contributed by atoms with Crippen molar-refractivity contribution in [3.8, 4) is 28.7 Å². The van der Waals surface area contributed by atoms with Gasteiger partial charge in [-0.25, -0.2) is 0 Å². The lowest BCUT2D eigenvalue weighted by molar-refractivity contribution is 0.0974. The lowest BCUT2D eigenvalue weighted by atomic mass is 9.81. The molecule has 0 heterocycles. The highest BCUT2D eigenvalue weighted by atomic mass is 16.3. The van der Waals surface area contributed by atoms with Gasteiger partial charge in [0.25, 0.3) is 0 Å². The van der Waals surface area contributed by atoms with E-state index in [1.54, 1.807) is 0 Å². The Bertz CT molecular complexity index is 1130. The average molecular weight is 338 g/mol. The molecule has 124 valence electrons. The summed E-state index contributed by atoms with van der Waals surface area (Å²) in [5.41, 5.74) is -1.04. The molecular weight excluding hydrogens is 328 g/mol. The number of hydrogen-bond donors (Lipinski definition) is 5. The van der Waals surface area contributed by atoms with Gasteiger partial charge < -0.3 is 25.5 Å². The van der Waals surface area contributed by atoms with Gasteiger partial charge in [0.05, 0.1) is 16.5 Å². The average Bonchev–Trinajstić information content (AvgIpc) is 2.50. The van der Waals surface area contributed by atoms with E-state index in [0.717, 1.165) is 18.2 Å². The predicted molar refractivity (Wildman–Crippen MR) is 85.6 cm³/mol. The molecule has 0 aliphatic heterocycles. The molecular formula is C18H10O7. The van der Waals surface area contributed by atoms with Crippen molar-refractivity contribution in [3.63, 3.8) is 0 Å². The van der Waals surface area contributed by atoms with E-state index in [-0.39, 0.29) is 44.5 Å². The molecule has 7 nitrogen and oxygen atoms in total. The fourth-order valence-corrected chi connectivity index (χ4v) is 3.19. The Hall–Kier alpha value is -3.74. The van der Waals surface area contributed by atoms with Crippen molar-refractivity contribution in [2.75, 3.05) is 0 Å². The number of ketones is 2. The van der Waals surface area contributed by atoms with Crippen LogP contribution in [0.25, 0.3) is 10.8 Å². The van der Waals surface area contributed by atoms with Crippen molar-refractivity contribution in [1.29, 1.82) is 0 Å². The number of hydrogen-bond acceptors (Lipinski definition) is 7. The zero-order valence-corrected chi connectivity index (χ0v) is 12.4. The first-order chi connectivity index (χ1) is 11.8. The smallest absolute Gasteiger partial charge is 0.201 e. The van der Waals surface area contributed by atoms with Crippen LogP contribution in [-0.2, 0) is 0 Å². The Balaban J connectivity index is 2.14. The summed E-state index contributed by atoms with van der Waals surface area (Å²) in [4.78, 5) is 25.5. The fraction of sp³-hybridized carbons (Fsp3) is 0. The third kappa shape index (κ3) is 1.86. The SMILES string of the molecule is O=C1c2cc(O)cc(O)c2C(=O)c2c1cc1cc(O)cc(O)c1c2O. The lowest BCUT2D eigenvalue weighted by Gasteiger charge is -2.21. The summed E-state index contributed by atoms with van der Waals surface area (Å²) in [6, 6.07) is 5.45. The van der Waals surface area contributed by atoms with Gasteiger partial charge in [-0.3, -0.25) is 9.59 Å². The molecule has 4 rings (SSSR count). The molecule has 0 bridgehead atoms. The van der Waals surface area contributed by atoms with Crippen LogP contribution in [0.3, 0.4) is 0 Å². The minimum absolute atomic E-state index is 0.0978. The standard InChI is InChI=1S/C18H10O7/c19-7-1-6-2-9-15(17(24)13(6)11(21)4-7)18(25)14-10(16(9)23)3-8(20)5-12(14)22/h1-5,19-22,24H. The van der Waals surface area contributed by atoms with Crippen LogP contribution in [0.5, 0.6) is 28.7 Å². The number of carbonyl (C=O) groups is 2. The first-order valence-electron chi connectivity index (χ1n) is 7.16. The zero-order valence-electron chi connectivity index (χ0n) is 12.4. The maximum Gasteiger partial charge on any atom is 0.201 e. The van der Waals surface area contributed by atoms with Gasteiger partial charge in [0.2, 0.25) is 5.78 Å². The number of phenolic OH excluding ortho intramolecular Hbond substituents is 5. The molecule has 0 saturated carbocycles. The minimum atomic E-state index is -0.811. The van der Waals surface area contributed by atoms with Gasteiger partial charge >= 0.3 is 0 Å². The van der Waals surface area contributed by atoms with Crippen molar-refractivity contribution in [3.05, 3.63) is 52.6 Å². The monoisotopic (exact) mass is 338 g/mol. The highest BCUT2D eigenvalue weighted by molar-refractivity contribution is 6.32. The molecule has 7 heteroatoms. The summed E-state index contributed by atoms with van der Waals surface area (Å²) >= 11 is 0. The molecule has 0 unspecified atom stereocenters. The van der Waals surface area contributed by atoms with Gasteiger partial charge in [0.1, 0.15) is 28.7 Å². The van der Waals surface area contributed by atoms with Crippen LogP contribution in [0.2, 0.25) is 0 Å². The van der Waals surface area contributed by atoms with Gasteiger partial charge in [-0.05, 0) is 23.6 Å². The van der Waals surface area contributed by atoms with Gasteiger partial charge in [-0.2, -0.15) is 0 Å². The van der Waals surface area contributed by atoms with Crippen molar-refractivity contribution < 1.29 is 35.1 Å². The van der Waals surface area contributed by atoms with Crippen LogP contribution in [0.4, 0.5) is 0 Å². The summed E-state index contributed by atoms with van der Waals surface area (Å²) in [6.07, 6.45) is 0. The summed E-state index contributed by atoms with van der Waals surface area (Å²) < 4.78 is 0. The quantitative estimate of drug-likeness (QED) is 0.331.